The topological polar surface area (TPSA) is 53.6 Å². The Hall–Kier alpha value is -1.75. The molecule has 24 heavy (non-hydrogen) atoms. The van der Waals surface area contributed by atoms with Crippen LogP contribution in [0, 0.1) is 5.41 Å². The van der Waals surface area contributed by atoms with Crippen LogP contribution in [0.3, 0.4) is 0 Å². The number of hydrogen-bond acceptors (Lipinski definition) is 3. The van der Waals surface area contributed by atoms with Gasteiger partial charge >= 0.3 is 6.03 Å². The molecular weight excluding hydrogens is 302 g/mol. The third-order valence-electron chi connectivity index (χ3n) is 5.47. The summed E-state index contributed by atoms with van der Waals surface area (Å²) in [6, 6.07) is 7.97. The second-order valence-corrected chi connectivity index (χ2v) is 7.12. The Morgan fingerprint density at radius 3 is 2.62 bits per heavy atom. The smallest absolute Gasteiger partial charge is 0.319 e. The van der Waals surface area contributed by atoms with Crippen LogP contribution in [0.5, 0.6) is 0 Å². The van der Waals surface area contributed by atoms with E-state index in [4.69, 9.17) is 4.74 Å². The molecule has 1 aromatic rings. The Balaban J connectivity index is 1.55. The lowest BCUT2D eigenvalue weighted by molar-refractivity contribution is 0.0717. The number of rotatable bonds is 7. The first-order chi connectivity index (χ1) is 11.7. The molecule has 2 aliphatic rings. The molecule has 1 saturated heterocycles. The largest absolute Gasteiger partial charge is 0.385 e. The minimum Gasteiger partial charge on any atom is -0.385 e. The van der Waals surface area contributed by atoms with Gasteiger partial charge in [0.25, 0.3) is 0 Å². The number of nitrogens with zero attached hydrogens (tertiary/aromatic N) is 1. The molecule has 0 atom stereocenters. The van der Waals surface area contributed by atoms with Gasteiger partial charge < -0.3 is 20.3 Å². The zero-order valence-electron chi connectivity index (χ0n) is 14.6. The number of hydrogen-bond donors (Lipinski definition) is 2. The van der Waals surface area contributed by atoms with E-state index in [1.54, 1.807) is 7.11 Å². The van der Waals surface area contributed by atoms with Crippen molar-refractivity contribution in [3.8, 4) is 0 Å². The molecule has 1 heterocycles. The Morgan fingerprint density at radius 1 is 1.21 bits per heavy atom. The third-order valence-corrected chi connectivity index (χ3v) is 5.47. The van der Waals surface area contributed by atoms with Gasteiger partial charge in [0, 0.05) is 33.4 Å². The normalized spacial score (nSPS) is 19.0. The second kappa shape index (κ2) is 7.88. The SMILES string of the molecule is COCCC1(CNC(=O)Nc2ccccc2N2CCCC2)CCC1. The Labute approximate surface area is 144 Å². The number of urea groups is 1. The molecule has 1 aliphatic heterocycles. The van der Waals surface area contributed by atoms with Gasteiger partial charge in [0.05, 0.1) is 11.4 Å². The van der Waals surface area contributed by atoms with Crippen molar-refractivity contribution >= 4 is 17.4 Å². The highest BCUT2D eigenvalue weighted by molar-refractivity contribution is 5.93. The lowest BCUT2D eigenvalue weighted by Crippen LogP contribution is -2.44. The van der Waals surface area contributed by atoms with Gasteiger partial charge in [0.15, 0.2) is 0 Å². The van der Waals surface area contributed by atoms with Crippen LogP contribution in [0.25, 0.3) is 0 Å². The van der Waals surface area contributed by atoms with Crippen molar-refractivity contribution in [2.45, 2.75) is 38.5 Å². The van der Waals surface area contributed by atoms with E-state index in [2.05, 4.69) is 21.6 Å². The van der Waals surface area contributed by atoms with Gasteiger partial charge in [-0.3, -0.25) is 0 Å². The fourth-order valence-corrected chi connectivity index (χ4v) is 3.76. The summed E-state index contributed by atoms with van der Waals surface area (Å²) in [7, 11) is 1.74. The molecule has 0 unspecified atom stereocenters. The number of ether oxygens (including phenoxy) is 1. The molecule has 0 radical (unpaired) electrons. The van der Waals surface area contributed by atoms with Gasteiger partial charge in [0.1, 0.15) is 0 Å². The molecule has 1 saturated carbocycles. The molecule has 0 aromatic heterocycles. The molecule has 5 heteroatoms. The lowest BCUT2D eigenvalue weighted by atomic mass is 9.67. The van der Waals surface area contributed by atoms with Crippen LogP contribution in [0.4, 0.5) is 16.2 Å². The summed E-state index contributed by atoms with van der Waals surface area (Å²) in [4.78, 5) is 14.7. The van der Waals surface area contributed by atoms with Gasteiger partial charge in [-0.2, -0.15) is 0 Å². The molecule has 1 aliphatic carbocycles. The molecule has 2 amide bonds. The van der Waals surface area contributed by atoms with Crippen LogP contribution in [-0.4, -0.2) is 39.4 Å². The third kappa shape index (κ3) is 4.01. The first kappa shape index (κ1) is 17.1. The van der Waals surface area contributed by atoms with E-state index in [1.807, 2.05) is 18.2 Å². The number of para-hydroxylation sites is 2. The van der Waals surface area contributed by atoms with E-state index in [9.17, 15) is 4.79 Å². The van der Waals surface area contributed by atoms with Crippen LogP contribution >= 0.6 is 0 Å². The van der Waals surface area contributed by atoms with E-state index in [0.29, 0.717) is 0 Å². The summed E-state index contributed by atoms with van der Waals surface area (Å²) in [5, 5.41) is 6.12. The summed E-state index contributed by atoms with van der Waals surface area (Å²) in [6.45, 7) is 3.63. The standard InChI is InChI=1S/C19H29N3O2/c1-24-14-11-19(9-6-10-19)15-20-18(23)21-16-7-2-3-8-17(16)22-12-4-5-13-22/h2-3,7-8H,4-6,9-15H2,1H3,(H2,20,21,23). The first-order valence-electron chi connectivity index (χ1n) is 9.10. The summed E-state index contributed by atoms with van der Waals surface area (Å²) >= 11 is 0. The number of benzene rings is 1. The van der Waals surface area contributed by atoms with Crippen molar-refractivity contribution in [1.29, 1.82) is 0 Å². The van der Waals surface area contributed by atoms with Crippen molar-refractivity contribution in [2.75, 3.05) is 43.6 Å². The van der Waals surface area contributed by atoms with Gasteiger partial charge in [-0.05, 0) is 49.7 Å². The molecule has 132 valence electrons. The maximum atomic E-state index is 12.4. The highest BCUT2D eigenvalue weighted by Gasteiger charge is 2.36. The fraction of sp³-hybridized carbons (Fsp3) is 0.632. The molecule has 2 fully saturated rings. The van der Waals surface area contributed by atoms with Crippen molar-refractivity contribution < 1.29 is 9.53 Å². The number of amides is 2. The van der Waals surface area contributed by atoms with Gasteiger partial charge in [-0.15, -0.1) is 0 Å². The van der Waals surface area contributed by atoms with Crippen molar-refractivity contribution in [1.82, 2.24) is 5.32 Å². The van der Waals surface area contributed by atoms with Crippen molar-refractivity contribution in [3.05, 3.63) is 24.3 Å². The fourth-order valence-electron chi connectivity index (χ4n) is 3.76. The molecule has 5 nitrogen and oxygen atoms in total. The number of methoxy groups -OCH3 is 1. The highest BCUT2D eigenvalue weighted by Crippen LogP contribution is 2.43. The predicted molar refractivity (Wildman–Crippen MR) is 97.7 cm³/mol. The van der Waals surface area contributed by atoms with Gasteiger partial charge in [0.2, 0.25) is 0 Å². The number of anilines is 2. The van der Waals surface area contributed by atoms with E-state index < -0.39 is 0 Å². The minimum absolute atomic E-state index is 0.106. The summed E-state index contributed by atoms with van der Waals surface area (Å²) in [5.74, 6) is 0. The first-order valence-corrected chi connectivity index (χ1v) is 9.10. The Bertz CT molecular complexity index is 551. The maximum Gasteiger partial charge on any atom is 0.319 e. The lowest BCUT2D eigenvalue weighted by Gasteiger charge is -2.42. The number of carbonyl (C=O) groups excluding carboxylic acids is 1. The molecule has 3 rings (SSSR count). The quantitative estimate of drug-likeness (QED) is 0.802. The van der Waals surface area contributed by atoms with E-state index in [-0.39, 0.29) is 11.4 Å². The number of carbonyl (C=O) groups is 1. The monoisotopic (exact) mass is 331 g/mol. The van der Waals surface area contributed by atoms with E-state index in [1.165, 1.54) is 32.1 Å². The van der Waals surface area contributed by atoms with Crippen molar-refractivity contribution in [2.24, 2.45) is 5.41 Å². The summed E-state index contributed by atoms with van der Waals surface area (Å²) in [5.41, 5.74) is 2.27. The van der Waals surface area contributed by atoms with E-state index >= 15 is 0 Å². The van der Waals surface area contributed by atoms with E-state index in [0.717, 1.165) is 44.0 Å². The van der Waals surface area contributed by atoms with Crippen molar-refractivity contribution in [3.63, 3.8) is 0 Å². The molecular formula is C19H29N3O2. The zero-order valence-corrected chi connectivity index (χ0v) is 14.6. The Kier molecular flexibility index (Phi) is 5.61. The maximum absolute atomic E-state index is 12.4. The summed E-state index contributed by atoms with van der Waals surface area (Å²) in [6.07, 6.45) is 7.09. The van der Waals surface area contributed by atoms with Crippen LogP contribution < -0.4 is 15.5 Å². The van der Waals surface area contributed by atoms with Crippen LogP contribution in [0.1, 0.15) is 38.5 Å². The highest BCUT2D eigenvalue weighted by atomic mass is 16.5. The summed E-state index contributed by atoms with van der Waals surface area (Å²) < 4.78 is 5.21. The molecule has 0 bridgehead atoms. The average Bonchev–Trinajstić information content (AvgIpc) is 3.08. The average molecular weight is 331 g/mol. The van der Waals surface area contributed by atoms with Crippen LogP contribution in [-0.2, 0) is 4.74 Å². The molecule has 2 N–H and O–H groups in total. The van der Waals surface area contributed by atoms with Gasteiger partial charge in [-0.1, -0.05) is 18.6 Å². The molecule has 0 spiro atoms. The molecule has 1 aromatic carbocycles. The van der Waals surface area contributed by atoms with Gasteiger partial charge in [-0.25, -0.2) is 4.79 Å². The Morgan fingerprint density at radius 2 is 1.96 bits per heavy atom. The minimum atomic E-state index is -0.106. The zero-order chi connectivity index (χ0) is 16.8. The number of nitrogens with one attached hydrogen (secondary N) is 2. The van der Waals surface area contributed by atoms with Crippen LogP contribution in [0.15, 0.2) is 24.3 Å². The van der Waals surface area contributed by atoms with Crippen LogP contribution in [0.2, 0.25) is 0 Å². The predicted octanol–water partition coefficient (Wildman–Crippen LogP) is 3.62. The second-order valence-electron chi connectivity index (χ2n) is 7.12.